The zero-order chi connectivity index (χ0) is 14.1. The molecule has 0 aromatic carbocycles. The van der Waals surface area contributed by atoms with Gasteiger partial charge in [-0.3, -0.25) is 4.40 Å². The van der Waals surface area contributed by atoms with Crippen molar-refractivity contribution < 1.29 is 8.42 Å². The molecule has 2 heterocycles. The summed E-state index contributed by atoms with van der Waals surface area (Å²) < 4.78 is 26.8. The molecule has 19 heavy (non-hydrogen) atoms. The summed E-state index contributed by atoms with van der Waals surface area (Å²) in [6.45, 7) is 3.94. The minimum absolute atomic E-state index is 0.375. The third kappa shape index (κ3) is 3.61. The fourth-order valence-electron chi connectivity index (χ4n) is 1.73. The fraction of sp³-hybridized carbons (Fsp3) is 0.500. The molecule has 0 amide bonds. The van der Waals surface area contributed by atoms with E-state index in [1.54, 1.807) is 37.0 Å². The maximum Gasteiger partial charge on any atom is 0.209 e. The number of anilines is 1. The highest BCUT2D eigenvalue weighted by molar-refractivity contribution is 7.88. The molecule has 0 atom stereocenters. The van der Waals surface area contributed by atoms with E-state index in [2.05, 4.69) is 25.2 Å². The summed E-state index contributed by atoms with van der Waals surface area (Å²) in [4.78, 5) is 4.17. The van der Waals surface area contributed by atoms with Gasteiger partial charge in [0.15, 0.2) is 5.82 Å². The highest BCUT2D eigenvalue weighted by Gasteiger charge is 2.22. The predicted molar refractivity (Wildman–Crippen MR) is 71.3 cm³/mol. The molecule has 0 bridgehead atoms. The Balaban J connectivity index is 2.12. The monoisotopic (exact) mass is 284 g/mol. The van der Waals surface area contributed by atoms with E-state index >= 15 is 0 Å². The molecule has 2 rings (SSSR count). The molecule has 2 N–H and O–H groups in total. The lowest BCUT2D eigenvalue weighted by Gasteiger charge is -2.25. The van der Waals surface area contributed by atoms with Crippen LogP contribution in [0.25, 0.3) is 5.65 Å². The highest BCUT2D eigenvalue weighted by Crippen LogP contribution is 2.12. The van der Waals surface area contributed by atoms with Crippen molar-refractivity contribution >= 4 is 21.5 Å². The molecule has 2 aromatic heterocycles. The van der Waals surface area contributed by atoms with E-state index in [4.69, 9.17) is 0 Å². The van der Waals surface area contributed by atoms with Crippen LogP contribution in [0.5, 0.6) is 0 Å². The molecule has 0 unspecified atom stereocenters. The Morgan fingerprint density at radius 3 is 2.84 bits per heavy atom. The molecule has 0 spiro atoms. The number of fused-ring (bicyclic) bond motifs is 1. The normalized spacial score (nSPS) is 12.8. The standard InChI is InChI=1S/C10H16N6O2S/c1-10(2,15-19(3,17)18)6-12-8-9-14-13-7-16(9)5-4-11-8/h4-5,7,15H,6H2,1-3H3,(H,11,12). The molecule has 0 fully saturated rings. The first-order chi connectivity index (χ1) is 8.77. The van der Waals surface area contributed by atoms with Crippen molar-refractivity contribution in [1.82, 2.24) is 24.3 Å². The van der Waals surface area contributed by atoms with E-state index in [0.29, 0.717) is 18.0 Å². The number of rotatable bonds is 5. The van der Waals surface area contributed by atoms with Crippen molar-refractivity contribution in [2.75, 3.05) is 18.1 Å². The van der Waals surface area contributed by atoms with Gasteiger partial charge in [-0.25, -0.2) is 18.1 Å². The van der Waals surface area contributed by atoms with Gasteiger partial charge in [0.2, 0.25) is 15.7 Å². The minimum Gasteiger partial charge on any atom is -0.365 e. The van der Waals surface area contributed by atoms with Crippen LogP contribution >= 0.6 is 0 Å². The molecule has 0 aliphatic carbocycles. The number of nitrogens with zero attached hydrogens (tertiary/aromatic N) is 4. The number of hydrogen-bond acceptors (Lipinski definition) is 6. The van der Waals surface area contributed by atoms with Gasteiger partial charge in [-0.05, 0) is 13.8 Å². The Morgan fingerprint density at radius 1 is 1.42 bits per heavy atom. The van der Waals surface area contributed by atoms with Crippen molar-refractivity contribution in [2.24, 2.45) is 0 Å². The van der Waals surface area contributed by atoms with Crippen molar-refractivity contribution in [2.45, 2.75) is 19.4 Å². The van der Waals surface area contributed by atoms with E-state index in [0.717, 1.165) is 6.26 Å². The van der Waals surface area contributed by atoms with Crippen molar-refractivity contribution in [1.29, 1.82) is 0 Å². The third-order valence-electron chi connectivity index (χ3n) is 2.38. The average molecular weight is 284 g/mol. The smallest absolute Gasteiger partial charge is 0.209 e. The maximum absolute atomic E-state index is 11.2. The lowest BCUT2D eigenvalue weighted by Crippen LogP contribution is -2.47. The zero-order valence-corrected chi connectivity index (χ0v) is 11.8. The fourth-order valence-corrected chi connectivity index (χ4v) is 2.80. The van der Waals surface area contributed by atoms with Gasteiger partial charge in [-0.2, -0.15) is 0 Å². The minimum atomic E-state index is -3.26. The van der Waals surface area contributed by atoms with Gasteiger partial charge < -0.3 is 5.32 Å². The zero-order valence-electron chi connectivity index (χ0n) is 11.0. The van der Waals surface area contributed by atoms with Gasteiger partial charge in [-0.15, -0.1) is 10.2 Å². The molecule has 0 radical (unpaired) electrons. The summed E-state index contributed by atoms with van der Waals surface area (Å²) in [5.74, 6) is 0.559. The van der Waals surface area contributed by atoms with Crippen LogP contribution in [0.4, 0.5) is 5.82 Å². The van der Waals surface area contributed by atoms with Crippen LogP contribution in [0, 0.1) is 0 Å². The molecule has 0 saturated heterocycles. The van der Waals surface area contributed by atoms with Crippen molar-refractivity contribution in [3.05, 3.63) is 18.7 Å². The molecule has 0 aliphatic rings. The van der Waals surface area contributed by atoms with Crippen LogP contribution < -0.4 is 10.0 Å². The predicted octanol–water partition coefficient (Wildman–Crippen LogP) is -0.136. The first kappa shape index (κ1) is 13.7. The van der Waals surface area contributed by atoms with Crippen LogP contribution in [-0.4, -0.2) is 46.3 Å². The number of nitrogens with one attached hydrogen (secondary N) is 2. The Morgan fingerprint density at radius 2 is 2.16 bits per heavy atom. The summed E-state index contributed by atoms with van der Waals surface area (Å²) in [5.41, 5.74) is -0.0417. The number of hydrogen-bond donors (Lipinski definition) is 2. The Kier molecular flexibility index (Phi) is 3.42. The first-order valence-corrected chi connectivity index (χ1v) is 7.53. The average Bonchev–Trinajstić information content (AvgIpc) is 2.71. The largest absolute Gasteiger partial charge is 0.365 e. The van der Waals surface area contributed by atoms with Gasteiger partial charge in [0.25, 0.3) is 0 Å². The molecule has 2 aromatic rings. The van der Waals surface area contributed by atoms with Crippen LogP contribution in [-0.2, 0) is 10.0 Å². The molecule has 0 saturated carbocycles. The van der Waals surface area contributed by atoms with E-state index < -0.39 is 15.6 Å². The van der Waals surface area contributed by atoms with Crippen LogP contribution in [0.15, 0.2) is 18.7 Å². The molecular weight excluding hydrogens is 268 g/mol. The molecule has 9 heteroatoms. The van der Waals surface area contributed by atoms with E-state index in [9.17, 15) is 8.42 Å². The van der Waals surface area contributed by atoms with Crippen molar-refractivity contribution in [3.8, 4) is 0 Å². The second-order valence-electron chi connectivity index (χ2n) is 4.95. The highest BCUT2D eigenvalue weighted by atomic mass is 32.2. The number of sulfonamides is 1. The summed E-state index contributed by atoms with van der Waals surface area (Å²) >= 11 is 0. The SMILES string of the molecule is CC(C)(CNc1nccn2cnnc12)NS(C)(=O)=O. The van der Waals surface area contributed by atoms with Crippen LogP contribution in [0.3, 0.4) is 0 Å². The van der Waals surface area contributed by atoms with Gasteiger partial charge in [-0.1, -0.05) is 0 Å². The summed E-state index contributed by atoms with van der Waals surface area (Å²) in [7, 11) is -3.26. The summed E-state index contributed by atoms with van der Waals surface area (Å²) in [6.07, 6.45) is 6.06. The van der Waals surface area contributed by atoms with Crippen LogP contribution in [0.2, 0.25) is 0 Å². The second kappa shape index (κ2) is 4.74. The molecule has 8 nitrogen and oxygen atoms in total. The van der Waals surface area contributed by atoms with E-state index in [1.165, 1.54) is 0 Å². The second-order valence-corrected chi connectivity index (χ2v) is 6.70. The molecule has 104 valence electrons. The lowest BCUT2D eigenvalue weighted by molar-refractivity contribution is 0.476. The first-order valence-electron chi connectivity index (χ1n) is 5.64. The quantitative estimate of drug-likeness (QED) is 0.792. The van der Waals surface area contributed by atoms with Crippen molar-refractivity contribution in [3.63, 3.8) is 0 Å². The van der Waals surface area contributed by atoms with Crippen LogP contribution in [0.1, 0.15) is 13.8 Å². The van der Waals surface area contributed by atoms with Gasteiger partial charge >= 0.3 is 0 Å². The summed E-state index contributed by atoms with van der Waals surface area (Å²) in [5, 5.41) is 10.8. The lowest BCUT2D eigenvalue weighted by atomic mass is 10.1. The van der Waals surface area contributed by atoms with E-state index in [1.807, 2.05) is 0 Å². The van der Waals surface area contributed by atoms with Gasteiger partial charge in [0, 0.05) is 24.5 Å². The summed E-state index contributed by atoms with van der Waals surface area (Å²) in [6, 6.07) is 0. The Bertz CT molecular complexity index is 678. The number of aromatic nitrogens is 4. The molecular formula is C10H16N6O2S. The van der Waals surface area contributed by atoms with Gasteiger partial charge in [0.1, 0.15) is 6.33 Å². The van der Waals surface area contributed by atoms with E-state index in [-0.39, 0.29) is 0 Å². The molecule has 0 aliphatic heterocycles. The third-order valence-corrected chi connectivity index (χ3v) is 3.30. The Labute approximate surface area is 111 Å². The topological polar surface area (TPSA) is 101 Å². The van der Waals surface area contributed by atoms with Gasteiger partial charge in [0.05, 0.1) is 6.26 Å². The maximum atomic E-state index is 11.2. The Hall–Kier alpha value is -1.74.